The molecule has 0 atom stereocenters. The van der Waals surface area contributed by atoms with E-state index in [2.05, 4.69) is 4.99 Å². The molecule has 3 nitrogen and oxygen atoms in total. The van der Waals surface area contributed by atoms with E-state index in [-0.39, 0.29) is 24.0 Å². The molecule has 0 aliphatic carbocycles. The maximum absolute atomic E-state index is 5.78. The largest absolute Gasteiger partial charge is 0.370 e. The number of halogens is 2. The molecule has 2 N–H and O–H groups in total. The lowest BCUT2D eigenvalue weighted by molar-refractivity contribution is 0.494. The van der Waals surface area contributed by atoms with Crippen molar-refractivity contribution in [2.24, 2.45) is 10.7 Å². The highest BCUT2D eigenvalue weighted by molar-refractivity contribution is 14.0. The minimum absolute atomic E-state index is 0. The molecule has 0 aliphatic rings. The second-order valence-corrected chi connectivity index (χ2v) is 3.50. The zero-order valence-electron chi connectivity index (χ0n) is 8.77. The molecule has 0 aromatic heterocycles. The molecule has 84 valence electrons. The van der Waals surface area contributed by atoms with Crippen molar-refractivity contribution < 1.29 is 0 Å². The molecule has 0 radical (unpaired) electrons. The van der Waals surface area contributed by atoms with Gasteiger partial charge in [0, 0.05) is 25.7 Å². The fourth-order valence-corrected chi connectivity index (χ4v) is 1.24. The highest BCUT2D eigenvalue weighted by atomic mass is 127. The smallest absolute Gasteiger partial charge is 0.191 e. The molecule has 0 heterocycles. The zero-order valence-corrected chi connectivity index (χ0v) is 11.9. The molecular formula is C10H15ClIN3. The van der Waals surface area contributed by atoms with Crippen LogP contribution in [-0.2, 0) is 6.54 Å². The Morgan fingerprint density at radius 1 is 1.40 bits per heavy atom. The lowest BCUT2D eigenvalue weighted by atomic mass is 10.2. The summed E-state index contributed by atoms with van der Waals surface area (Å²) in [5.41, 5.74) is 6.80. The molecule has 0 bridgehead atoms. The summed E-state index contributed by atoms with van der Waals surface area (Å²) in [4.78, 5) is 5.77. The fourth-order valence-electron chi connectivity index (χ4n) is 1.12. The first-order valence-corrected chi connectivity index (χ1v) is 4.69. The summed E-state index contributed by atoms with van der Waals surface area (Å²) < 4.78 is 0. The Labute approximate surface area is 112 Å². The van der Waals surface area contributed by atoms with E-state index < -0.39 is 0 Å². The second kappa shape index (κ2) is 6.90. The maximum atomic E-state index is 5.78. The monoisotopic (exact) mass is 339 g/mol. The minimum Gasteiger partial charge on any atom is -0.370 e. The van der Waals surface area contributed by atoms with E-state index in [0.29, 0.717) is 5.96 Å². The molecule has 5 heteroatoms. The third-order valence-electron chi connectivity index (χ3n) is 1.95. The van der Waals surface area contributed by atoms with E-state index >= 15 is 0 Å². The van der Waals surface area contributed by atoms with Crippen LogP contribution in [0.1, 0.15) is 5.56 Å². The first-order valence-electron chi connectivity index (χ1n) is 4.31. The van der Waals surface area contributed by atoms with Crippen molar-refractivity contribution in [2.75, 3.05) is 14.1 Å². The molecule has 0 aliphatic heterocycles. The summed E-state index contributed by atoms with van der Waals surface area (Å²) in [7, 11) is 3.57. The number of nitrogens with zero attached hydrogens (tertiary/aromatic N) is 2. The van der Waals surface area contributed by atoms with Crippen LogP contribution in [0.15, 0.2) is 29.3 Å². The predicted molar refractivity (Wildman–Crippen MR) is 75.9 cm³/mol. The summed E-state index contributed by atoms with van der Waals surface area (Å²) in [6.07, 6.45) is 0. The molecule has 15 heavy (non-hydrogen) atoms. The van der Waals surface area contributed by atoms with Gasteiger partial charge in [-0.25, -0.2) is 0 Å². The molecule has 1 aromatic carbocycles. The van der Waals surface area contributed by atoms with Crippen molar-refractivity contribution in [2.45, 2.75) is 6.54 Å². The normalized spacial score (nSPS) is 10.7. The molecule has 0 fully saturated rings. The Morgan fingerprint density at radius 3 is 2.40 bits per heavy atom. The van der Waals surface area contributed by atoms with Crippen LogP contribution in [0.4, 0.5) is 0 Å². The summed E-state index contributed by atoms with van der Waals surface area (Å²) >= 11 is 5.78. The lowest BCUT2D eigenvalue weighted by Crippen LogP contribution is -2.33. The van der Waals surface area contributed by atoms with Crippen molar-refractivity contribution in [1.29, 1.82) is 0 Å². The number of benzene rings is 1. The molecule has 1 rings (SSSR count). The number of guanidine groups is 1. The Kier molecular flexibility index (Phi) is 6.67. The molecule has 0 unspecified atom stereocenters. The van der Waals surface area contributed by atoms with Crippen LogP contribution < -0.4 is 5.73 Å². The van der Waals surface area contributed by atoms with Crippen LogP contribution in [0, 0.1) is 0 Å². The highest BCUT2D eigenvalue weighted by Crippen LogP contribution is 2.10. The van der Waals surface area contributed by atoms with Crippen molar-refractivity contribution >= 4 is 41.5 Å². The summed E-state index contributed by atoms with van der Waals surface area (Å²) in [5, 5.41) is 0.744. The van der Waals surface area contributed by atoms with E-state index in [1.807, 2.05) is 36.2 Å². The molecule has 0 spiro atoms. The van der Waals surface area contributed by atoms with E-state index in [4.69, 9.17) is 17.3 Å². The quantitative estimate of drug-likeness (QED) is 0.510. The number of hydrogen-bond donors (Lipinski definition) is 1. The zero-order chi connectivity index (χ0) is 10.6. The Bertz CT molecular complexity index is 324. The topological polar surface area (TPSA) is 41.6 Å². The second-order valence-electron chi connectivity index (χ2n) is 3.06. The molecule has 1 aromatic rings. The van der Waals surface area contributed by atoms with Crippen LogP contribution in [0.2, 0.25) is 5.02 Å². The summed E-state index contributed by atoms with van der Waals surface area (Å²) in [6.45, 7) is 0.736. The van der Waals surface area contributed by atoms with Gasteiger partial charge in [-0.2, -0.15) is 0 Å². The first-order chi connectivity index (χ1) is 6.63. The average Bonchev–Trinajstić information content (AvgIpc) is 2.20. The Hall–Kier alpha value is -0.490. The summed E-state index contributed by atoms with van der Waals surface area (Å²) in [5.74, 6) is 0.528. The van der Waals surface area contributed by atoms with Gasteiger partial charge in [0.25, 0.3) is 0 Å². The van der Waals surface area contributed by atoms with Gasteiger partial charge in [0.1, 0.15) is 0 Å². The molecular weight excluding hydrogens is 324 g/mol. The van der Waals surface area contributed by atoms with Crippen molar-refractivity contribution in [1.82, 2.24) is 4.90 Å². The number of nitrogens with two attached hydrogens (primary N) is 1. The van der Waals surface area contributed by atoms with Crippen molar-refractivity contribution in [3.8, 4) is 0 Å². The maximum Gasteiger partial charge on any atom is 0.191 e. The van der Waals surface area contributed by atoms with Crippen LogP contribution in [0.25, 0.3) is 0 Å². The number of rotatable bonds is 2. The molecule has 0 saturated heterocycles. The fraction of sp³-hybridized carbons (Fsp3) is 0.300. The van der Waals surface area contributed by atoms with Gasteiger partial charge in [-0.15, -0.1) is 24.0 Å². The van der Waals surface area contributed by atoms with Crippen LogP contribution in [-0.4, -0.2) is 25.0 Å². The average molecular weight is 340 g/mol. The summed E-state index contributed by atoms with van der Waals surface area (Å²) in [6, 6.07) is 7.68. The van der Waals surface area contributed by atoms with Gasteiger partial charge in [-0.1, -0.05) is 23.7 Å². The SMILES string of the molecule is CN=C(N)N(C)Cc1ccc(Cl)cc1.I. The molecule has 0 saturated carbocycles. The molecule has 0 amide bonds. The van der Waals surface area contributed by atoms with E-state index in [9.17, 15) is 0 Å². The third kappa shape index (κ3) is 4.70. The van der Waals surface area contributed by atoms with Gasteiger partial charge in [-0.3, -0.25) is 4.99 Å². The van der Waals surface area contributed by atoms with E-state index in [0.717, 1.165) is 17.1 Å². The van der Waals surface area contributed by atoms with Gasteiger partial charge >= 0.3 is 0 Å². The van der Waals surface area contributed by atoms with Gasteiger partial charge in [-0.05, 0) is 17.7 Å². The standard InChI is InChI=1S/C10H14ClN3.HI/c1-13-10(12)14(2)7-8-3-5-9(11)6-4-8;/h3-6H,7H2,1-2H3,(H2,12,13);1H. The number of aliphatic imine (C=N–C) groups is 1. The van der Waals surface area contributed by atoms with Crippen molar-refractivity contribution in [3.63, 3.8) is 0 Å². The first kappa shape index (κ1) is 14.5. The van der Waals surface area contributed by atoms with E-state index in [1.165, 1.54) is 0 Å². The number of hydrogen-bond acceptors (Lipinski definition) is 1. The predicted octanol–water partition coefficient (Wildman–Crippen LogP) is 2.33. The van der Waals surface area contributed by atoms with Crippen LogP contribution in [0.5, 0.6) is 0 Å². The third-order valence-corrected chi connectivity index (χ3v) is 2.21. The van der Waals surface area contributed by atoms with Gasteiger partial charge < -0.3 is 10.6 Å². The van der Waals surface area contributed by atoms with E-state index in [1.54, 1.807) is 7.05 Å². The highest BCUT2D eigenvalue weighted by Gasteiger charge is 2.01. The van der Waals surface area contributed by atoms with Crippen molar-refractivity contribution in [3.05, 3.63) is 34.9 Å². The Balaban J connectivity index is 0.00000196. The van der Waals surface area contributed by atoms with Crippen LogP contribution >= 0.6 is 35.6 Å². The lowest BCUT2D eigenvalue weighted by Gasteiger charge is -2.17. The van der Waals surface area contributed by atoms with Gasteiger partial charge in [0.05, 0.1) is 0 Å². The Morgan fingerprint density at radius 2 is 1.93 bits per heavy atom. The van der Waals surface area contributed by atoms with Gasteiger partial charge in [0.2, 0.25) is 0 Å². The van der Waals surface area contributed by atoms with Crippen LogP contribution in [0.3, 0.4) is 0 Å². The van der Waals surface area contributed by atoms with Gasteiger partial charge in [0.15, 0.2) is 5.96 Å². The minimum atomic E-state index is 0.